The molecule has 0 saturated heterocycles. The molecule has 0 N–H and O–H groups in total. The third kappa shape index (κ3) is 5.92. The zero-order valence-corrected chi connectivity index (χ0v) is 34.8. The molecular weight excluding hydrogens is 553 g/mol. The van der Waals surface area contributed by atoms with Crippen LogP contribution in [-0.2, 0) is 0 Å². The summed E-state index contributed by atoms with van der Waals surface area (Å²) in [5.74, 6) is 0. The smallest absolute Gasteiger partial charge is 0.0569 e. The Bertz CT molecular complexity index is 975. The predicted octanol–water partition coefficient (Wildman–Crippen LogP) is 11.8. The average Bonchev–Trinajstić information content (AvgIpc) is 2.64. The minimum absolute atomic E-state index is 0.693. The fourth-order valence-electron chi connectivity index (χ4n) is 9.18. The number of allylic oxidation sites excluding steroid dienone is 2. The van der Waals surface area contributed by atoms with E-state index in [0.717, 1.165) is 22.2 Å². The fourth-order valence-corrected chi connectivity index (χ4v) is 33.8. The molecule has 1 aromatic carbocycles. The van der Waals surface area contributed by atoms with Crippen molar-refractivity contribution in [2.75, 3.05) is 0 Å². The van der Waals surface area contributed by atoms with E-state index in [-0.39, 0.29) is 0 Å². The van der Waals surface area contributed by atoms with Gasteiger partial charge in [0.2, 0.25) is 0 Å². The van der Waals surface area contributed by atoms with Gasteiger partial charge in [-0.1, -0.05) is 153 Å². The van der Waals surface area contributed by atoms with Gasteiger partial charge in [-0.2, -0.15) is 0 Å². The van der Waals surface area contributed by atoms with Crippen molar-refractivity contribution in [2.45, 2.75) is 151 Å². The van der Waals surface area contributed by atoms with E-state index in [2.05, 4.69) is 153 Å². The molecule has 0 unspecified atom stereocenters. The van der Waals surface area contributed by atoms with Gasteiger partial charge in [0.25, 0.3) is 0 Å². The van der Waals surface area contributed by atoms with Crippen molar-refractivity contribution < 1.29 is 0 Å². The molecule has 2 aliphatic rings. The SMILES string of the molecule is C[Si](C)(C)[C@@H]1[C@@H]([Si](C)(C)C)[C@@H]([Si](C)(C)C)C2=C([C@H]1[Si](C)(C)C)[C@H]([Si](C)(C)C)c1ccccc1[C@H]2[Si](C)(C)C. The quantitative estimate of drug-likeness (QED) is 0.220. The van der Waals surface area contributed by atoms with Gasteiger partial charge in [0.1, 0.15) is 0 Å². The average molecular weight is 617 g/mol. The van der Waals surface area contributed by atoms with E-state index in [1.807, 2.05) is 0 Å². The van der Waals surface area contributed by atoms with Crippen molar-refractivity contribution >= 4 is 48.4 Å². The van der Waals surface area contributed by atoms with Crippen LogP contribution in [0.2, 0.25) is 140 Å². The van der Waals surface area contributed by atoms with Crippen LogP contribution in [0.3, 0.4) is 0 Å². The van der Waals surface area contributed by atoms with Crippen molar-refractivity contribution in [1.29, 1.82) is 0 Å². The van der Waals surface area contributed by atoms with E-state index in [1.54, 1.807) is 11.1 Å². The molecule has 0 radical (unpaired) electrons. The highest BCUT2D eigenvalue weighted by atomic mass is 28.3. The van der Waals surface area contributed by atoms with Crippen LogP contribution in [0.5, 0.6) is 0 Å². The third-order valence-corrected chi connectivity index (χ3v) is 26.1. The summed E-state index contributed by atoms with van der Waals surface area (Å²) in [7, 11) is -9.07. The van der Waals surface area contributed by atoms with Gasteiger partial charge >= 0.3 is 0 Å². The molecule has 1 aromatic rings. The molecule has 2 aliphatic carbocycles. The van der Waals surface area contributed by atoms with Crippen LogP contribution < -0.4 is 0 Å². The molecule has 216 valence electrons. The van der Waals surface area contributed by atoms with Gasteiger partial charge in [-0.25, -0.2) is 0 Å². The first-order valence-corrected chi connectivity index (χ1v) is 37.0. The van der Waals surface area contributed by atoms with Crippen molar-refractivity contribution in [1.82, 2.24) is 0 Å². The Labute approximate surface area is 245 Å². The Morgan fingerprint density at radius 3 is 0.816 bits per heavy atom. The highest BCUT2D eigenvalue weighted by Gasteiger charge is 2.62. The van der Waals surface area contributed by atoms with Gasteiger partial charge in [0.05, 0.1) is 32.3 Å². The lowest BCUT2D eigenvalue weighted by Gasteiger charge is -2.64. The van der Waals surface area contributed by atoms with Crippen LogP contribution in [0, 0.1) is 0 Å². The van der Waals surface area contributed by atoms with Crippen LogP contribution in [-0.4, -0.2) is 48.4 Å². The van der Waals surface area contributed by atoms with Crippen molar-refractivity contribution in [3.05, 3.63) is 46.5 Å². The van der Waals surface area contributed by atoms with E-state index < -0.39 is 48.4 Å². The number of rotatable bonds is 6. The van der Waals surface area contributed by atoms with Crippen LogP contribution in [0.15, 0.2) is 35.4 Å². The Balaban J connectivity index is 2.70. The van der Waals surface area contributed by atoms with Gasteiger partial charge < -0.3 is 0 Å². The van der Waals surface area contributed by atoms with Crippen LogP contribution in [0.25, 0.3) is 0 Å². The summed E-state index contributed by atoms with van der Waals surface area (Å²) in [4.78, 5) is 0. The summed E-state index contributed by atoms with van der Waals surface area (Å²) in [5, 5.41) is 0. The molecule has 0 spiro atoms. The maximum absolute atomic E-state index is 2.76. The molecule has 0 amide bonds. The Hall–Kier alpha value is 0.261. The Kier molecular flexibility index (Phi) is 8.56. The van der Waals surface area contributed by atoms with Gasteiger partial charge in [-0.15, -0.1) is 0 Å². The molecule has 0 nitrogen and oxygen atoms in total. The van der Waals surface area contributed by atoms with E-state index in [0.29, 0.717) is 11.1 Å². The maximum atomic E-state index is 2.76. The maximum Gasteiger partial charge on any atom is 0.0569 e. The molecule has 0 aromatic heterocycles. The van der Waals surface area contributed by atoms with Crippen molar-refractivity contribution in [3.8, 4) is 0 Å². The standard InChI is InChI=1S/C32H64Si6/c1-33(2,3)27-23-21-19-20-22-24(23)28(34(4,5)6)26-25(27)29(35(7,8)9)31(37(13,14)15)32(38(16,17)18)30(26)36(10,11)12/h19-22,27-32H,1-18H3/t27-,28-,29-,30+,31+,32+/m1/s1. The summed E-state index contributed by atoms with van der Waals surface area (Å²) in [5.41, 5.74) is 12.6. The highest BCUT2D eigenvalue weighted by Crippen LogP contribution is 2.72. The third-order valence-electron chi connectivity index (χ3n) is 9.95. The summed E-state index contributed by atoms with van der Waals surface area (Å²) in [6.07, 6.45) is 0. The largest absolute Gasteiger partial charge is 0.0693 e. The summed E-state index contributed by atoms with van der Waals surface area (Å²) < 4.78 is 0. The lowest BCUT2D eigenvalue weighted by molar-refractivity contribution is 0.566. The van der Waals surface area contributed by atoms with Crippen LogP contribution >= 0.6 is 0 Å². The first-order chi connectivity index (χ1) is 16.7. The predicted molar refractivity (Wildman–Crippen MR) is 194 cm³/mol. The molecule has 0 saturated carbocycles. The summed E-state index contributed by atoms with van der Waals surface area (Å²) >= 11 is 0. The van der Waals surface area contributed by atoms with Crippen LogP contribution in [0.4, 0.5) is 0 Å². The second-order valence-corrected chi connectivity index (χ2v) is 51.7. The number of fused-ring (bicyclic) bond motifs is 1. The monoisotopic (exact) mass is 616 g/mol. The van der Waals surface area contributed by atoms with Gasteiger partial charge in [0.15, 0.2) is 0 Å². The molecule has 3 rings (SSSR count). The minimum Gasteiger partial charge on any atom is -0.0693 e. The van der Waals surface area contributed by atoms with Gasteiger partial charge in [-0.05, 0) is 44.4 Å². The molecule has 6 heteroatoms. The molecule has 38 heavy (non-hydrogen) atoms. The molecule has 0 aliphatic heterocycles. The summed E-state index contributed by atoms with van der Waals surface area (Å²) in [6.45, 7) is 49.4. The van der Waals surface area contributed by atoms with E-state index in [9.17, 15) is 0 Å². The first kappa shape index (κ1) is 32.8. The first-order valence-electron chi connectivity index (χ1n) is 15.5. The van der Waals surface area contributed by atoms with Crippen molar-refractivity contribution in [2.24, 2.45) is 0 Å². The van der Waals surface area contributed by atoms with E-state index in [1.165, 1.54) is 0 Å². The normalized spacial score (nSPS) is 29.7. The number of benzene rings is 1. The van der Waals surface area contributed by atoms with Crippen molar-refractivity contribution in [3.63, 3.8) is 0 Å². The zero-order chi connectivity index (χ0) is 29.6. The second kappa shape index (κ2) is 9.92. The van der Waals surface area contributed by atoms with E-state index >= 15 is 0 Å². The Morgan fingerprint density at radius 2 is 0.632 bits per heavy atom. The molecule has 0 fully saturated rings. The molecule has 0 heterocycles. The lowest BCUT2D eigenvalue weighted by Crippen LogP contribution is -2.58. The molecular formula is C32H64Si6. The summed E-state index contributed by atoms with van der Waals surface area (Å²) in [6, 6.07) is 9.94. The van der Waals surface area contributed by atoms with E-state index in [4.69, 9.17) is 0 Å². The minimum atomic E-state index is -1.55. The molecule has 6 atom stereocenters. The molecule has 0 bridgehead atoms. The van der Waals surface area contributed by atoms with Gasteiger partial charge in [0, 0.05) is 16.1 Å². The van der Waals surface area contributed by atoms with Crippen LogP contribution in [0.1, 0.15) is 22.2 Å². The fraction of sp³-hybridized carbons (Fsp3) is 0.750. The number of hydrogen-bond acceptors (Lipinski definition) is 0. The number of hydrogen-bond donors (Lipinski definition) is 0. The lowest BCUT2D eigenvalue weighted by atomic mass is 9.76. The zero-order valence-electron chi connectivity index (χ0n) is 28.8. The second-order valence-electron chi connectivity index (χ2n) is 19.6. The Morgan fingerprint density at radius 1 is 0.368 bits per heavy atom. The highest BCUT2D eigenvalue weighted by molar-refractivity contribution is 6.90. The topological polar surface area (TPSA) is 0 Å². The van der Waals surface area contributed by atoms with Gasteiger partial charge in [-0.3, -0.25) is 0 Å².